The first-order chi connectivity index (χ1) is 14.7. The highest BCUT2D eigenvalue weighted by molar-refractivity contribution is 7.86. The van der Waals surface area contributed by atoms with Crippen molar-refractivity contribution in [1.82, 2.24) is 13.9 Å². The number of nitrogens with one attached hydrogen (secondary N) is 1. The summed E-state index contributed by atoms with van der Waals surface area (Å²) in [7, 11) is -0.383. The highest BCUT2D eigenvalue weighted by Crippen LogP contribution is 2.28. The van der Waals surface area contributed by atoms with Crippen LogP contribution in [0, 0.1) is 17.8 Å². The van der Waals surface area contributed by atoms with Crippen LogP contribution in [0.5, 0.6) is 11.5 Å². The maximum absolute atomic E-state index is 13.2. The molecule has 3 atom stereocenters. The first kappa shape index (κ1) is 23.8. The molecule has 0 aliphatic carbocycles. The zero-order chi connectivity index (χ0) is 22.6. The molecule has 0 bridgehead atoms. The number of carbonyl (C=O) groups is 1. The van der Waals surface area contributed by atoms with Crippen LogP contribution in [0.2, 0.25) is 0 Å². The summed E-state index contributed by atoms with van der Waals surface area (Å²) in [6, 6.07) is 5.43. The number of piperidine rings is 2. The van der Waals surface area contributed by atoms with E-state index in [0.717, 1.165) is 12.0 Å². The summed E-state index contributed by atoms with van der Waals surface area (Å²) >= 11 is 0. The molecular weight excluding hydrogens is 418 g/mol. The second-order valence-electron chi connectivity index (χ2n) is 8.86. The molecule has 9 heteroatoms. The highest BCUT2D eigenvalue weighted by Gasteiger charge is 2.38. The summed E-state index contributed by atoms with van der Waals surface area (Å²) in [6.07, 6.45) is 2.41. The van der Waals surface area contributed by atoms with Gasteiger partial charge in [-0.1, -0.05) is 13.8 Å². The van der Waals surface area contributed by atoms with Crippen LogP contribution in [0.15, 0.2) is 18.2 Å². The Morgan fingerprint density at radius 1 is 1.10 bits per heavy atom. The van der Waals surface area contributed by atoms with Crippen LogP contribution in [0.25, 0.3) is 0 Å². The number of methoxy groups -OCH3 is 2. The van der Waals surface area contributed by atoms with Gasteiger partial charge in [0.15, 0.2) is 0 Å². The van der Waals surface area contributed by atoms with Gasteiger partial charge in [-0.2, -0.15) is 17.0 Å². The Kier molecular flexibility index (Phi) is 7.82. The van der Waals surface area contributed by atoms with Gasteiger partial charge in [-0.15, -0.1) is 0 Å². The Morgan fingerprint density at radius 2 is 1.81 bits per heavy atom. The molecule has 1 amide bonds. The number of ether oxygens (including phenoxy) is 2. The summed E-state index contributed by atoms with van der Waals surface area (Å²) in [4.78, 5) is 12.9. The molecule has 174 valence electrons. The number of benzene rings is 1. The van der Waals surface area contributed by atoms with Gasteiger partial charge in [-0.05, 0) is 49.3 Å². The summed E-state index contributed by atoms with van der Waals surface area (Å²) in [5.41, 5.74) is 0.812. The molecule has 2 aliphatic rings. The van der Waals surface area contributed by atoms with E-state index in [2.05, 4.69) is 19.2 Å². The molecule has 31 heavy (non-hydrogen) atoms. The van der Waals surface area contributed by atoms with Gasteiger partial charge in [0.25, 0.3) is 10.2 Å². The fourth-order valence-corrected chi connectivity index (χ4v) is 6.61. The van der Waals surface area contributed by atoms with E-state index in [1.807, 2.05) is 6.07 Å². The Hall–Kier alpha value is -1.84. The lowest BCUT2D eigenvalue weighted by Crippen LogP contribution is -2.53. The molecule has 1 aromatic rings. The first-order valence-electron chi connectivity index (χ1n) is 11.0. The molecule has 1 N–H and O–H groups in total. The Labute approximate surface area is 186 Å². The third-order valence-corrected chi connectivity index (χ3v) is 8.12. The number of nitrogens with zero attached hydrogens (tertiary/aromatic N) is 2. The number of hydrogen-bond acceptors (Lipinski definition) is 5. The van der Waals surface area contributed by atoms with E-state index in [4.69, 9.17) is 9.47 Å². The van der Waals surface area contributed by atoms with Crippen molar-refractivity contribution in [2.45, 2.75) is 39.7 Å². The molecule has 0 unspecified atom stereocenters. The molecule has 1 aromatic carbocycles. The van der Waals surface area contributed by atoms with E-state index in [-0.39, 0.29) is 18.4 Å². The minimum atomic E-state index is -3.55. The van der Waals surface area contributed by atoms with Crippen molar-refractivity contribution in [3.8, 4) is 11.5 Å². The van der Waals surface area contributed by atoms with Gasteiger partial charge >= 0.3 is 0 Å². The fraction of sp³-hybridized carbons (Fsp3) is 0.682. The van der Waals surface area contributed by atoms with Crippen LogP contribution >= 0.6 is 0 Å². The van der Waals surface area contributed by atoms with Crippen molar-refractivity contribution in [1.29, 1.82) is 0 Å². The van der Waals surface area contributed by atoms with E-state index in [9.17, 15) is 13.2 Å². The van der Waals surface area contributed by atoms with Crippen LogP contribution in [-0.2, 0) is 21.5 Å². The van der Waals surface area contributed by atoms with E-state index in [1.54, 1.807) is 30.7 Å². The molecule has 0 saturated carbocycles. The van der Waals surface area contributed by atoms with Crippen molar-refractivity contribution >= 4 is 16.1 Å². The smallest absolute Gasteiger partial charge is 0.282 e. The second kappa shape index (κ2) is 10.2. The Balaban J connectivity index is 1.63. The molecule has 0 spiro atoms. The van der Waals surface area contributed by atoms with Crippen molar-refractivity contribution in [2.24, 2.45) is 17.8 Å². The van der Waals surface area contributed by atoms with Gasteiger partial charge in [0, 0.05) is 38.3 Å². The van der Waals surface area contributed by atoms with Crippen LogP contribution in [0.1, 0.15) is 38.7 Å². The molecule has 8 nitrogen and oxygen atoms in total. The van der Waals surface area contributed by atoms with Crippen LogP contribution in [-0.4, -0.2) is 63.3 Å². The highest BCUT2D eigenvalue weighted by atomic mass is 32.2. The minimum Gasteiger partial charge on any atom is -0.497 e. The summed E-state index contributed by atoms with van der Waals surface area (Å²) < 4.78 is 40.2. The SMILES string of the molecule is COc1ccc(OC)c(CNC(=O)[C@@H]2CCCN(S(=O)(=O)N3C[C@H](C)C[C@H](C)C3)C2)c1. The van der Waals surface area contributed by atoms with Crippen molar-refractivity contribution < 1.29 is 22.7 Å². The predicted molar refractivity (Wildman–Crippen MR) is 119 cm³/mol. The second-order valence-corrected chi connectivity index (χ2v) is 10.8. The predicted octanol–water partition coefficient (Wildman–Crippen LogP) is 2.25. The van der Waals surface area contributed by atoms with Gasteiger partial charge < -0.3 is 14.8 Å². The summed E-state index contributed by atoms with van der Waals surface area (Å²) in [5, 5.41) is 2.95. The topological polar surface area (TPSA) is 88.2 Å². The largest absolute Gasteiger partial charge is 0.497 e. The van der Waals surface area contributed by atoms with E-state index >= 15 is 0 Å². The lowest BCUT2D eigenvalue weighted by Gasteiger charge is -2.39. The average Bonchev–Trinajstić information content (AvgIpc) is 2.76. The van der Waals surface area contributed by atoms with E-state index in [1.165, 1.54) is 4.31 Å². The number of hydrogen-bond donors (Lipinski definition) is 1. The normalized spacial score (nSPS) is 25.7. The molecule has 0 aromatic heterocycles. The summed E-state index contributed by atoms with van der Waals surface area (Å²) in [6.45, 7) is 6.28. The summed E-state index contributed by atoms with van der Waals surface area (Å²) in [5.74, 6) is 1.55. The van der Waals surface area contributed by atoms with Gasteiger partial charge in [0.1, 0.15) is 11.5 Å². The van der Waals surface area contributed by atoms with Crippen LogP contribution < -0.4 is 14.8 Å². The lowest BCUT2D eigenvalue weighted by molar-refractivity contribution is -0.126. The third-order valence-electron chi connectivity index (χ3n) is 6.18. The zero-order valence-corrected chi connectivity index (χ0v) is 19.8. The fourth-order valence-electron chi connectivity index (χ4n) is 4.67. The van der Waals surface area contributed by atoms with E-state index < -0.39 is 10.2 Å². The molecular formula is C22H35N3O5S. The molecule has 2 aliphatic heterocycles. The zero-order valence-electron chi connectivity index (χ0n) is 19.0. The average molecular weight is 454 g/mol. The van der Waals surface area contributed by atoms with Crippen molar-refractivity contribution in [2.75, 3.05) is 40.4 Å². The Bertz CT molecular complexity index is 866. The maximum atomic E-state index is 13.2. The minimum absolute atomic E-state index is 0.134. The van der Waals surface area contributed by atoms with Crippen molar-refractivity contribution in [3.05, 3.63) is 23.8 Å². The lowest BCUT2D eigenvalue weighted by atomic mass is 9.94. The monoisotopic (exact) mass is 453 g/mol. The van der Waals surface area contributed by atoms with Gasteiger partial charge in [-0.25, -0.2) is 0 Å². The van der Waals surface area contributed by atoms with Gasteiger partial charge in [0.2, 0.25) is 5.91 Å². The Morgan fingerprint density at radius 3 is 2.45 bits per heavy atom. The first-order valence-corrected chi connectivity index (χ1v) is 12.4. The third kappa shape index (κ3) is 5.70. The number of rotatable bonds is 7. The standard InChI is InChI=1S/C22H35N3O5S/c1-16-10-17(2)14-25(13-16)31(27,28)24-9-5-6-18(15-24)22(26)23-12-19-11-20(29-3)7-8-21(19)30-4/h7-8,11,16-18H,5-6,9-10,12-15H2,1-4H3,(H,23,26)/t16-,17+,18-/m1/s1. The van der Waals surface area contributed by atoms with Crippen LogP contribution in [0.3, 0.4) is 0 Å². The van der Waals surface area contributed by atoms with Gasteiger partial charge in [0.05, 0.1) is 20.1 Å². The van der Waals surface area contributed by atoms with Gasteiger partial charge in [-0.3, -0.25) is 4.79 Å². The molecule has 2 saturated heterocycles. The molecule has 2 heterocycles. The van der Waals surface area contributed by atoms with Crippen LogP contribution in [0.4, 0.5) is 0 Å². The maximum Gasteiger partial charge on any atom is 0.282 e. The molecule has 0 radical (unpaired) electrons. The molecule has 3 rings (SSSR count). The molecule has 2 fully saturated rings. The van der Waals surface area contributed by atoms with Crippen molar-refractivity contribution in [3.63, 3.8) is 0 Å². The van der Waals surface area contributed by atoms with E-state index in [0.29, 0.717) is 62.4 Å². The number of amides is 1. The number of carbonyl (C=O) groups excluding carboxylic acids is 1. The quantitative estimate of drug-likeness (QED) is 0.684.